The van der Waals surface area contributed by atoms with E-state index < -0.39 is 6.10 Å². The fraction of sp³-hybridized carbons (Fsp3) is 0.217. The van der Waals surface area contributed by atoms with Gasteiger partial charge >= 0.3 is 0 Å². The second-order valence-corrected chi connectivity index (χ2v) is 6.84. The first-order valence-corrected chi connectivity index (χ1v) is 9.61. The SMILES string of the molecule is O=C(Cc1cccc(=O)[nH]1)Nc1ccc(CCNC[C@H](O)c2ccccc2)cc1. The number of pyridine rings is 1. The van der Waals surface area contributed by atoms with E-state index in [9.17, 15) is 14.7 Å². The first-order valence-electron chi connectivity index (χ1n) is 9.61. The standard InChI is InChI=1S/C23H25N3O3/c27-21(18-5-2-1-3-6-18)16-24-14-13-17-9-11-19(12-10-17)25-23(29)15-20-7-4-8-22(28)26-20/h1-12,21,24,27H,13-16H2,(H,25,29)(H,26,28)/t21-/m0/s1. The van der Waals surface area contributed by atoms with Crippen molar-refractivity contribution in [1.29, 1.82) is 0 Å². The minimum absolute atomic E-state index is 0.117. The van der Waals surface area contributed by atoms with E-state index in [-0.39, 0.29) is 17.9 Å². The molecule has 4 N–H and O–H groups in total. The van der Waals surface area contributed by atoms with E-state index in [1.165, 1.54) is 6.07 Å². The molecule has 29 heavy (non-hydrogen) atoms. The predicted octanol–water partition coefficient (Wildman–Crippen LogP) is 2.42. The van der Waals surface area contributed by atoms with Crippen molar-refractivity contribution in [3.05, 3.63) is 100.0 Å². The van der Waals surface area contributed by atoms with Crippen molar-refractivity contribution < 1.29 is 9.90 Å². The zero-order chi connectivity index (χ0) is 20.5. The van der Waals surface area contributed by atoms with Crippen LogP contribution in [0.4, 0.5) is 5.69 Å². The minimum Gasteiger partial charge on any atom is -0.387 e. The maximum atomic E-state index is 12.1. The molecule has 0 aliphatic rings. The van der Waals surface area contributed by atoms with Gasteiger partial charge in [0.1, 0.15) is 0 Å². The number of anilines is 1. The molecule has 0 spiro atoms. The Morgan fingerprint density at radius 2 is 1.72 bits per heavy atom. The highest BCUT2D eigenvalue weighted by Crippen LogP contribution is 2.12. The summed E-state index contributed by atoms with van der Waals surface area (Å²) < 4.78 is 0. The summed E-state index contributed by atoms with van der Waals surface area (Å²) in [6, 6.07) is 22.0. The number of H-pyrrole nitrogens is 1. The Kier molecular flexibility index (Phi) is 7.33. The average molecular weight is 391 g/mol. The molecule has 0 saturated carbocycles. The Balaban J connectivity index is 1.40. The lowest BCUT2D eigenvalue weighted by Crippen LogP contribution is -2.23. The van der Waals surface area contributed by atoms with Crippen molar-refractivity contribution >= 4 is 11.6 Å². The van der Waals surface area contributed by atoms with Crippen molar-refractivity contribution in [2.24, 2.45) is 0 Å². The molecule has 0 aliphatic heterocycles. The van der Waals surface area contributed by atoms with E-state index in [1.807, 2.05) is 54.6 Å². The van der Waals surface area contributed by atoms with E-state index in [1.54, 1.807) is 12.1 Å². The van der Waals surface area contributed by atoms with Crippen molar-refractivity contribution in [1.82, 2.24) is 10.3 Å². The van der Waals surface area contributed by atoms with Crippen LogP contribution in [0.3, 0.4) is 0 Å². The summed E-state index contributed by atoms with van der Waals surface area (Å²) in [6.45, 7) is 1.25. The second kappa shape index (κ2) is 10.4. The highest BCUT2D eigenvalue weighted by atomic mass is 16.3. The van der Waals surface area contributed by atoms with Crippen LogP contribution < -0.4 is 16.2 Å². The molecule has 0 saturated heterocycles. The number of amides is 1. The molecule has 0 fully saturated rings. The van der Waals surface area contributed by atoms with Gasteiger partial charge in [0.05, 0.1) is 12.5 Å². The quantitative estimate of drug-likeness (QED) is 0.422. The molecule has 1 aromatic heterocycles. The molecule has 0 aliphatic carbocycles. The number of aliphatic hydroxyl groups excluding tert-OH is 1. The number of aliphatic hydroxyl groups is 1. The number of carbonyl (C=O) groups is 1. The number of benzene rings is 2. The molecule has 0 bridgehead atoms. The molecular weight excluding hydrogens is 366 g/mol. The summed E-state index contributed by atoms with van der Waals surface area (Å²) in [5.41, 5.74) is 3.11. The van der Waals surface area contributed by atoms with Crippen molar-refractivity contribution in [3.8, 4) is 0 Å². The summed E-state index contributed by atoms with van der Waals surface area (Å²) in [6.07, 6.45) is 0.417. The van der Waals surface area contributed by atoms with E-state index >= 15 is 0 Å². The second-order valence-electron chi connectivity index (χ2n) is 6.84. The summed E-state index contributed by atoms with van der Waals surface area (Å²) in [7, 11) is 0. The van der Waals surface area contributed by atoms with Crippen molar-refractivity contribution in [2.45, 2.75) is 18.9 Å². The molecule has 1 amide bonds. The highest BCUT2D eigenvalue weighted by molar-refractivity contribution is 5.91. The highest BCUT2D eigenvalue weighted by Gasteiger charge is 2.07. The summed E-state index contributed by atoms with van der Waals surface area (Å²) >= 11 is 0. The van der Waals surface area contributed by atoms with Crippen LogP contribution >= 0.6 is 0 Å². The number of aromatic amines is 1. The third-order valence-corrected chi connectivity index (χ3v) is 4.53. The molecule has 1 heterocycles. The Labute approximate surface area is 169 Å². The van der Waals surface area contributed by atoms with Gasteiger partial charge in [-0.25, -0.2) is 0 Å². The van der Waals surface area contributed by atoms with Gasteiger partial charge in [-0.2, -0.15) is 0 Å². The maximum Gasteiger partial charge on any atom is 0.248 e. The third-order valence-electron chi connectivity index (χ3n) is 4.53. The monoisotopic (exact) mass is 391 g/mol. The zero-order valence-electron chi connectivity index (χ0n) is 16.1. The number of rotatable bonds is 9. The Morgan fingerprint density at radius 3 is 2.45 bits per heavy atom. The number of aromatic nitrogens is 1. The van der Waals surface area contributed by atoms with Crippen LogP contribution in [0.25, 0.3) is 0 Å². The number of hydrogen-bond acceptors (Lipinski definition) is 4. The fourth-order valence-electron chi connectivity index (χ4n) is 2.99. The molecule has 1 atom stereocenters. The van der Waals surface area contributed by atoms with Gasteiger partial charge in [0.25, 0.3) is 0 Å². The van der Waals surface area contributed by atoms with Crippen LogP contribution in [0.2, 0.25) is 0 Å². The summed E-state index contributed by atoms with van der Waals surface area (Å²) in [4.78, 5) is 26.0. The smallest absolute Gasteiger partial charge is 0.248 e. The van der Waals surface area contributed by atoms with Gasteiger partial charge in [0.2, 0.25) is 11.5 Å². The largest absolute Gasteiger partial charge is 0.387 e. The minimum atomic E-state index is -0.520. The molecule has 150 valence electrons. The van der Waals surface area contributed by atoms with Gasteiger partial charge < -0.3 is 20.7 Å². The first kappa shape index (κ1) is 20.5. The van der Waals surface area contributed by atoms with Gasteiger partial charge in [0, 0.05) is 24.0 Å². The van der Waals surface area contributed by atoms with Crippen molar-refractivity contribution in [3.63, 3.8) is 0 Å². The lowest BCUT2D eigenvalue weighted by atomic mass is 10.1. The third kappa shape index (κ3) is 6.71. The van der Waals surface area contributed by atoms with Gasteiger partial charge in [-0.1, -0.05) is 48.5 Å². The summed E-state index contributed by atoms with van der Waals surface area (Å²) in [5.74, 6) is -0.184. The van der Waals surface area contributed by atoms with Crippen LogP contribution in [-0.2, 0) is 17.6 Å². The van der Waals surface area contributed by atoms with Gasteiger partial charge in [-0.05, 0) is 42.3 Å². The molecule has 3 aromatic rings. The molecule has 3 rings (SSSR count). The number of carbonyl (C=O) groups excluding carboxylic acids is 1. The molecule has 2 aromatic carbocycles. The van der Waals surface area contributed by atoms with Gasteiger partial charge in [0.15, 0.2) is 0 Å². The van der Waals surface area contributed by atoms with Crippen LogP contribution in [-0.4, -0.2) is 29.1 Å². The van der Waals surface area contributed by atoms with E-state index in [0.29, 0.717) is 17.9 Å². The van der Waals surface area contributed by atoms with Gasteiger partial charge in [-0.15, -0.1) is 0 Å². The van der Waals surface area contributed by atoms with E-state index in [4.69, 9.17) is 0 Å². The number of hydrogen-bond donors (Lipinski definition) is 4. The lowest BCUT2D eigenvalue weighted by Gasteiger charge is -2.12. The lowest BCUT2D eigenvalue weighted by molar-refractivity contribution is -0.115. The summed E-state index contributed by atoms with van der Waals surface area (Å²) in [5, 5.41) is 16.2. The fourth-order valence-corrected chi connectivity index (χ4v) is 2.99. The molecule has 0 radical (unpaired) electrons. The molecule has 6 nitrogen and oxygen atoms in total. The van der Waals surface area contributed by atoms with E-state index in [2.05, 4.69) is 15.6 Å². The zero-order valence-corrected chi connectivity index (χ0v) is 16.1. The maximum absolute atomic E-state index is 12.1. The van der Waals surface area contributed by atoms with Gasteiger partial charge in [-0.3, -0.25) is 9.59 Å². The Morgan fingerprint density at radius 1 is 0.966 bits per heavy atom. The van der Waals surface area contributed by atoms with E-state index in [0.717, 1.165) is 24.1 Å². The van der Waals surface area contributed by atoms with Crippen LogP contribution in [0.5, 0.6) is 0 Å². The van der Waals surface area contributed by atoms with Crippen LogP contribution in [0.15, 0.2) is 77.6 Å². The topological polar surface area (TPSA) is 94.2 Å². The normalized spacial score (nSPS) is 11.8. The van der Waals surface area contributed by atoms with Crippen molar-refractivity contribution in [2.75, 3.05) is 18.4 Å². The predicted molar refractivity (Wildman–Crippen MR) is 114 cm³/mol. The van der Waals surface area contributed by atoms with Crippen LogP contribution in [0, 0.1) is 0 Å². The number of nitrogens with one attached hydrogen (secondary N) is 3. The molecule has 6 heteroatoms. The first-order chi connectivity index (χ1) is 14.1. The average Bonchev–Trinajstić information content (AvgIpc) is 2.73. The Bertz CT molecular complexity index is 968. The van der Waals surface area contributed by atoms with Crippen LogP contribution in [0.1, 0.15) is 22.9 Å². The molecule has 0 unspecified atom stereocenters. The molecular formula is C23H25N3O3. The Hall–Kier alpha value is -3.22.